The van der Waals surface area contributed by atoms with Gasteiger partial charge in [0.25, 0.3) is 0 Å². The third-order valence-corrected chi connectivity index (χ3v) is 3.50. The van der Waals surface area contributed by atoms with Crippen LogP contribution in [-0.2, 0) is 4.79 Å². The van der Waals surface area contributed by atoms with Crippen LogP contribution in [0.15, 0.2) is 0 Å². The minimum atomic E-state index is -0.810. The third kappa shape index (κ3) is 5.46. The van der Waals surface area contributed by atoms with Crippen molar-refractivity contribution in [3.63, 3.8) is 0 Å². The predicted octanol–water partition coefficient (Wildman–Crippen LogP) is 1.19. The number of carbonyl (C=O) groups excluding carboxylic acids is 1. The number of aliphatic hydroxyl groups excluding tert-OH is 1. The van der Waals surface area contributed by atoms with Gasteiger partial charge in [-0.1, -0.05) is 0 Å². The van der Waals surface area contributed by atoms with Crippen molar-refractivity contribution >= 4 is 12.0 Å². The second-order valence-electron chi connectivity index (χ2n) is 5.16. The van der Waals surface area contributed by atoms with Crippen molar-refractivity contribution in [2.24, 2.45) is 0 Å². The highest BCUT2D eigenvalue weighted by atomic mass is 16.4. The normalized spacial score (nSPS) is 20.9. The number of nitrogens with zero attached hydrogens (tertiary/aromatic N) is 1. The van der Waals surface area contributed by atoms with Crippen LogP contribution >= 0.6 is 0 Å². The molecule has 3 N–H and O–H groups in total. The number of carboxylic acids is 1. The van der Waals surface area contributed by atoms with Crippen LogP contribution in [0.5, 0.6) is 0 Å². The first-order valence-electron chi connectivity index (χ1n) is 6.94. The van der Waals surface area contributed by atoms with Gasteiger partial charge in [-0.15, -0.1) is 0 Å². The van der Waals surface area contributed by atoms with E-state index in [0.29, 0.717) is 19.4 Å². The summed E-state index contributed by atoms with van der Waals surface area (Å²) in [5, 5.41) is 20.7. The van der Waals surface area contributed by atoms with Crippen LogP contribution in [0.25, 0.3) is 0 Å². The lowest BCUT2D eigenvalue weighted by Crippen LogP contribution is -2.51. The lowest BCUT2D eigenvalue weighted by molar-refractivity contribution is -0.137. The van der Waals surface area contributed by atoms with Crippen molar-refractivity contribution < 1.29 is 19.8 Å². The Bertz CT molecular complexity index is 309. The van der Waals surface area contributed by atoms with Crippen LogP contribution in [0.2, 0.25) is 0 Å². The Morgan fingerprint density at radius 3 is 2.79 bits per heavy atom. The number of aliphatic hydroxyl groups is 1. The smallest absolute Gasteiger partial charge is 0.317 e. The van der Waals surface area contributed by atoms with Crippen LogP contribution in [0.4, 0.5) is 4.79 Å². The van der Waals surface area contributed by atoms with Crippen molar-refractivity contribution in [3.05, 3.63) is 0 Å². The van der Waals surface area contributed by atoms with Gasteiger partial charge in [-0.3, -0.25) is 4.79 Å². The molecule has 0 aliphatic carbocycles. The molecule has 0 aromatic rings. The molecule has 19 heavy (non-hydrogen) atoms. The Labute approximate surface area is 113 Å². The zero-order chi connectivity index (χ0) is 14.3. The number of likely N-dealkylation sites (tertiary alicyclic amines) is 1. The van der Waals surface area contributed by atoms with Crippen LogP contribution in [-0.4, -0.2) is 52.3 Å². The number of aliphatic carboxylic acids is 1. The summed E-state index contributed by atoms with van der Waals surface area (Å²) >= 11 is 0. The summed E-state index contributed by atoms with van der Waals surface area (Å²) in [6.07, 6.45) is 4.19. The highest BCUT2D eigenvalue weighted by molar-refractivity contribution is 5.75. The second-order valence-corrected chi connectivity index (χ2v) is 5.16. The molecule has 110 valence electrons. The van der Waals surface area contributed by atoms with E-state index in [4.69, 9.17) is 5.11 Å². The Morgan fingerprint density at radius 2 is 2.16 bits per heavy atom. The molecule has 1 fully saturated rings. The van der Waals surface area contributed by atoms with E-state index in [0.717, 1.165) is 19.3 Å². The maximum absolute atomic E-state index is 12.1. The number of hydrogen-bond acceptors (Lipinski definition) is 3. The number of urea groups is 1. The number of amides is 2. The first-order valence-corrected chi connectivity index (χ1v) is 6.94. The second kappa shape index (κ2) is 7.99. The van der Waals surface area contributed by atoms with Gasteiger partial charge >= 0.3 is 12.0 Å². The summed E-state index contributed by atoms with van der Waals surface area (Å²) in [4.78, 5) is 24.2. The number of carboxylic acid groups (broad SMARTS) is 1. The molecule has 6 nitrogen and oxygen atoms in total. The fraction of sp³-hybridized carbons (Fsp3) is 0.846. The Morgan fingerprint density at radius 1 is 1.42 bits per heavy atom. The van der Waals surface area contributed by atoms with Crippen molar-refractivity contribution in [1.29, 1.82) is 0 Å². The van der Waals surface area contributed by atoms with E-state index in [1.165, 1.54) is 0 Å². The van der Waals surface area contributed by atoms with E-state index in [9.17, 15) is 14.7 Å². The molecular weight excluding hydrogens is 248 g/mol. The van der Waals surface area contributed by atoms with Gasteiger partial charge in [0.1, 0.15) is 0 Å². The number of carbonyl (C=O) groups is 2. The third-order valence-electron chi connectivity index (χ3n) is 3.50. The summed E-state index contributed by atoms with van der Waals surface area (Å²) in [5.41, 5.74) is 0. The molecule has 1 saturated heterocycles. The molecule has 2 unspecified atom stereocenters. The fourth-order valence-electron chi connectivity index (χ4n) is 2.38. The first-order chi connectivity index (χ1) is 9.04. The van der Waals surface area contributed by atoms with Crippen molar-refractivity contribution in [3.8, 4) is 0 Å². The van der Waals surface area contributed by atoms with E-state index in [-0.39, 0.29) is 31.1 Å². The molecule has 2 amide bonds. The van der Waals surface area contributed by atoms with Gasteiger partial charge in [0, 0.05) is 19.0 Å². The predicted molar refractivity (Wildman–Crippen MR) is 70.9 cm³/mol. The summed E-state index contributed by atoms with van der Waals surface area (Å²) in [6.45, 7) is 2.55. The fourth-order valence-corrected chi connectivity index (χ4v) is 2.38. The number of nitrogens with one attached hydrogen (secondary N) is 1. The van der Waals surface area contributed by atoms with Gasteiger partial charge in [-0.25, -0.2) is 4.79 Å². The molecule has 0 bridgehead atoms. The molecule has 6 heteroatoms. The minimum absolute atomic E-state index is 0.000809. The maximum Gasteiger partial charge on any atom is 0.317 e. The molecule has 1 aliphatic heterocycles. The Kier molecular flexibility index (Phi) is 6.62. The highest BCUT2D eigenvalue weighted by Gasteiger charge is 2.26. The van der Waals surface area contributed by atoms with E-state index < -0.39 is 5.97 Å². The Balaban J connectivity index is 2.33. The number of rotatable bonds is 6. The SMILES string of the molecule is CC(CCCC(=O)O)NC(=O)N1CCCCC1CO. The summed E-state index contributed by atoms with van der Waals surface area (Å²) < 4.78 is 0. The van der Waals surface area contributed by atoms with Gasteiger partial charge < -0.3 is 20.4 Å². The zero-order valence-electron chi connectivity index (χ0n) is 11.5. The zero-order valence-corrected chi connectivity index (χ0v) is 11.5. The molecule has 0 aromatic carbocycles. The van der Waals surface area contributed by atoms with Gasteiger partial charge in [-0.05, 0) is 39.0 Å². The van der Waals surface area contributed by atoms with Gasteiger partial charge in [0.15, 0.2) is 0 Å². The van der Waals surface area contributed by atoms with Crippen LogP contribution in [0, 0.1) is 0 Å². The van der Waals surface area contributed by atoms with Gasteiger partial charge in [-0.2, -0.15) is 0 Å². The summed E-state index contributed by atoms with van der Waals surface area (Å²) in [5.74, 6) is -0.810. The standard InChI is InChI=1S/C13H24N2O4/c1-10(5-4-7-12(17)18)14-13(19)15-8-3-2-6-11(15)9-16/h10-11,16H,2-9H2,1H3,(H,14,19)(H,17,18). The van der Waals surface area contributed by atoms with E-state index in [1.807, 2.05) is 6.92 Å². The maximum atomic E-state index is 12.1. The van der Waals surface area contributed by atoms with Gasteiger partial charge in [0.2, 0.25) is 0 Å². The van der Waals surface area contributed by atoms with Gasteiger partial charge in [0.05, 0.1) is 12.6 Å². The quantitative estimate of drug-likeness (QED) is 0.677. The van der Waals surface area contributed by atoms with Crippen LogP contribution < -0.4 is 5.32 Å². The molecule has 2 atom stereocenters. The summed E-state index contributed by atoms with van der Waals surface area (Å²) in [6, 6.07) is -0.283. The van der Waals surface area contributed by atoms with E-state index in [1.54, 1.807) is 4.90 Å². The molecule has 1 heterocycles. The average molecular weight is 272 g/mol. The topological polar surface area (TPSA) is 89.9 Å². The largest absolute Gasteiger partial charge is 0.481 e. The molecule has 1 aliphatic rings. The van der Waals surface area contributed by atoms with Crippen LogP contribution in [0.3, 0.4) is 0 Å². The molecular formula is C13H24N2O4. The van der Waals surface area contributed by atoms with Crippen molar-refractivity contribution in [2.75, 3.05) is 13.2 Å². The number of piperidine rings is 1. The average Bonchev–Trinajstić information content (AvgIpc) is 2.38. The lowest BCUT2D eigenvalue weighted by Gasteiger charge is -2.35. The Hall–Kier alpha value is -1.30. The van der Waals surface area contributed by atoms with Crippen LogP contribution in [0.1, 0.15) is 45.4 Å². The molecule has 0 aromatic heterocycles. The van der Waals surface area contributed by atoms with E-state index >= 15 is 0 Å². The molecule has 0 spiro atoms. The minimum Gasteiger partial charge on any atom is -0.481 e. The molecule has 1 rings (SSSR count). The summed E-state index contributed by atoms with van der Waals surface area (Å²) in [7, 11) is 0. The monoisotopic (exact) mass is 272 g/mol. The van der Waals surface area contributed by atoms with Crippen molar-refractivity contribution in [2.45, 2.75) is 57.5 Å². The van der Waals surface area contributed by atoms with E-state index in [2.05, 4.69) is 5.32 Å². The first kappa shape index (κ1) is 15.8. The van der Waals surface area contributed by atoms with Crippen molar-refractivity contribution in [1.82, 2.24) is 10.2 Å². The highest BCUT2D eigenvalue weighted by Crippen LogP contribution is 2.16. The number of hydrogen-bond donors (Lipinski definition) is 3. The molecule has 0 radical (unpaired) electrons. The lowest BCUT2D eigenvalue weighted by atomic mass is 10.0. The molecule has 0 saturated carbocycles.